The van der Waals surface area contributed by atoms with Gasteiger partial charge < -0.3 is 10.1 Å². The Hall–Kier alpha value is -0.670. The minimum atomic E-state index is 0.823. The topological polar surface area (TPSA) is 21.3 Å². The van der Waals surface area contributed by atoms with Crippen LogP contribution < -0.4 is 10.1 Å². The molecule has 1 aromatic rings. The second kappa shape index (κ2) is 7.20. The molecule has 1 aliphatic rings. The van der Waals surface area contributed by atoms with Crippen LogP contribution in [0.1, 0.15) is 30.9 Å². The summed E-state index contributed by atoms with van der Waals surface area (Å²) in [5.74, 6) is 1.88. The van der Waals surface area contributed by atoms with Gasteiger partial charge in [-0.1, -0.05) is 6.92 Å². The van der Waals surface area contributed by atoms with Crippen LogP contribution in [0.25, 0.3) is 0 Å². The summed E-state index contributed by atoms with van der Waals surface area (Å²) in [5, 5.41) is 3.44. The van der Waals surface area contributed by atoms with Gasteiger partial charge in [0.25, 0.3) is 0 Å². The zero-order valence-electron chi connectivity index (χ0n) is 12.3. The second-order valence-corrected chi connectivity index (χ2v) is 6.08. The van der Waals surface area contributed by atoms with E-state index in [0.29, 0.717) is 0 Å². The maximum atomic E-state index is 5.54. The van der Waals surface area contributed by atoms with Gasteiger partial charge in [0, 0.05) is 4.90 Å². The number of thioether (sulfide) groups is 1. The van der Waals surface area contributed by atoms with E-state index in [1.165, 1.54) is 48.4 Å². The highest BCUT2D eigenvalue weighted by molar-refractivity contribution is 7.98. The van der Waals surface area contributed by atoms with E-state index in [1.807, 2.05) is 11.8 Å². The van der Waals surface area contributed by atoms with Crippen molar-refractivity contribution in [1.82, 2.24) is 5.32 Å². The van der Waals surface area contributed by atoms with Crippen molar-refractivity contribution in [3.63, 3.8) is 0 Å². The van der Waals surface area contributed by atoms with Gasteiger partial charge in [0.1, 0.15) is 5.75 Å². The Morgan fingerprint density at radius 1 is 1.26 bits per heavy atom. The molecular weight excluding hydrogens is 254 g/mol. The fraction of sp³-hybridized carbons (Fsp3) is 0.625. The van der Waals surface area contributed by atoms with Gasteiger partial charge in [0.05, 0.1) is 7.11 Å². The quantitative estimate of drug-likeness (QED) is 0.833. The van der Waals surface area contributed by atoms with Crippen molar-refractivity contribution in [3.05, 3.63) is 23.3 Å². The SMILES string of the molecule is CCc1cc(SC)c(CC2CCNCC2)cc1OC. The lowest BCUT2D eigenvalue weighted by molar-refractivity contribution is 0.369. The molecule has 1 N–H and O–H groups in total. The van der Waals surface area contributed by atoms with Crippen molar-refractivity contribution >= 4 is 11.8 Å². The fourth-order valence-corrected chi connectivity index (χ4v) is 3.52. The lowest BCUT2D eigenvalue weighted by atomic mass is 9.90. The van der Waals surface area contributed by atoms with Crippen LogP contribution in [0.4, 0.5) is 0 Å². The van der Waals surface area contributed by atoms with Crippen LogP contribution in [0, 0.1) is 5.92 Å². The third-order valence-electron chi connectivity index (χ3n) is 4.03. The molecule has 106 valence electrons. The van der Waals surface area contributed by atoms with E-state index in [1.54, 1.807) is 7.11 Å². The summed E-state index contributed by atoms with van der Waals surface area (Å²) in [5.41, 5.74) is 2.79. The smallest absolute Gasteiger partial charge is 0.122 e. The van der Waals surface area contributed by atoms with Crippen molar-refractivity contribution in [2.45, 2.75) is 37.5 Å². The third-order valence-corrected chi connectivity index (χ3v) is 4.85. The molecular formula is C16H25NOS. The maximum Gasteiger partial charge on any atom is 0.122 e. The van der Waals surface area contributed by atoms with Crippen LogP contribution in [0.5, 0.6) is 5.75 Å². The van der Waals surface area contributed by atoms with Crippen LogP contribution in [-0.2, 0) is 12.8 Å². The normalized spacial score (nSPS) is 16.6. The Kier molecular flexibility index (Phi) is 5.59. The number of hydrogen-bond acceptors (Lipinski definition) is 3. The molecule has 0 spiro atoms. The first-order valence-corrected chi connectivity index (χ1v) is 8.45. The predicted octanol–water partition coefficient (Wildman–Crippen LogP) is 3.52. The summed E-state index contributed by atoms with van der Waals surface area (Å²) in [4.78, 5) is 1.43. The minimum Gasteiger partial charge on any atom is -0.496 e. The Morgan fingerprint density at radius 3 is 2.58 bits per heavy atom. The van der Waals surface area contributed by atoms with Gasteiger partial charge in [-0.25, -0.2) is 0 Å². The van der Waals surface area contributed by atoms with Gasteiger partial charge in [-0.15, -0.1) is 11.8 Å². The lowest BCUT2D eigenvalue weighted by Gasteiger charge is -2.24. The molecule has 2 nitrogen and oxygen atoms in total. The summed E-state index contributed by atoms with van der Waals surface area (Å²) in [6.45, 7) is 4.53. The van der Waals surface area contributed by atoms with Gasteiger partial charge in [-0.2, -0.15) is 0 Å². The number of nitrogens with one attached hydrogen (secondary N) is 1. The number of rotatable bonds is 5. The molecule has 1 heterocycles. The number of piperidine rings is 1. The average molecular weight is 279 g/mol. The molecule has 0 unspecified atom stereocenters. The zero-order chi connectivity index (χ0) is 13.7. The maximum absolute atomic E-state index is 5.54. The minimum absolute atomic E-state index is 0.823. The van der Waals surface area contributed by atoms with Crippen molar-refractivity contribution < 1.29 is 4.74 Å². The number of ether oxygens (including phenoxy) is 1. The molecule has 0 aromatic heterocycles. The van der Waals surface area contributed by atoms with Crippen LogP contribution in [-0.4, -0.2) is 26.5 Å². The zero-order valence-corrected chi connectivity index (χ0v) is 13.1. The number of methoxy groups -OCH3 is 1. The molecule has 0 amide bonds. The molecule has 1 aromatic carbocycles. The summed E-state index contributed by atoms with van der Waals surface area (Å²) in [7, 11) is 1.78. The van der Waals surface area contributed by atoms with E-state index < -0.39 is 0 Å². The molecule has 1 saturated heterocycles. The van der Waals surface area contributed by atoms with E-state index in [4.69, 9.17) is 4.74 Å². The van der Waals surface area contributed by atoms with Crippen molar-refractivity contribution in [3.8, 4) is 5.75 Å². The summed E-state index contributed by atoms with van der Waals surface area (Å²) in [6, 6.07) is 4.59. The molecule has 0 radical (unpaired) electrons. The van der Waals surface area contributed by atoms with Crippen LogP contribution in [0.2, 0.25) is 0 Å². The predicted molar refractivity (Wildman–Crippen MR) is 83.5 cm³/mol. The van der Waals surface area contributed by atoms with Crippen LogP contribution in [0.3, 0.4) is 0 Å². The molecule has 19 heavy (non-hydrogen) atoms. The second-order valence-electron chi connectivity index (χ2n) is 5.23. The Bertz CT molecular complexity index is 413. The molecule has 2 rings (SSSR count). The van der Waals surface area contributed by atoms with E-state index in [2.05, 4.69) is 30.6 Å². The number of hydrogen-bond donors (Lipinski definition) is 1. The molecule has 0 atom stereocenters. The van der Waals surface area contributed by atoms with E-state index in [9.17, 15) is 0 Å². The van der Waals surface area contributed by atoms with Gasteiger partial charge in [-0.05, 0) is 74.2 Å². The molecule has 0 aliphatic carbocycles. The molecule has 1 aliphatic heterocycles. The molecule has 0 saturated carbocycles. The standard InChI is InChI=1S/C16H25NOS/c1-4-13-11-16(19-3)14(10-15(13)18-2)9-12-5-7-17-8-6-12/h10-12,17H,4-9H2,1-3H3. The molecule has 1 fully saturated rings. The highest BCUT2D eigenvalue weighted by atomic mass is 32.2. The largest absolute Gasteiger partial charge is 0.496 e. The van der Waals surface area contributed by atoms with Gasteiger partial charge in [-0.3, -0.25) is 0 Å². The van der Waals surface area contributed by atoms with Crippen LogP contribution >= 0.6 is 11.8 Å². The highest BCUT2D eigenvalue weighted by Gasteiger charge is 2.17. The highest BCUT2D eigenvalue weighted by Crippen LogP contribution is 2.32. The fourth-order valence-electron chi connectivity index (χ4n) is 2.86. The molecule has 3 heteroatoms. The summed E-state index contributed by atoms with van der Waals surface area (Å²) < 4.78 is 5.54. The van der Waals surface area contributed by atoms with Crippen LogP contribution in [0.15, 0.2) is 17.0 Å². The van der Waals surface area contributed by atoms with Gasteiger partial charge in [0.2, 0.25) is 0 Å². The first-order valence-electron chi connectivity index (χ1n) is 7.23. The van der Waals surface area contributed by atoms with Crippen molar-refractivity contribution in [1.29, 1.82) is 0 Å². The summed E-state index contributed by atoms with van der Waals surface area (Å²) in [6.07, 6.45) is 6.99. The van der Waals surface area contributed by atoms with Gasteiger partial charge in [0.15, 0.2) is 0 Å². The van der Waals surface area contributed by atoms with E-state index >= 15 is 0 Å². The Labute approximate surface area is 121 Å². The van der Waals surface area contributed by atoms with E-state index in [-0.39, 0.29) is 0 Å². The third kappa shape index (κ3) is 3.67. The average Bonchev–Trinajstić information content (AvgIpc) is 2.47. The monoisotopic (exact) mass is 279 g/mol. The Morgan fingerprint density at radius 2 is 2.00 bits per heavy atom. The first-order chi connectivity index (χ1) is 9.28. The van der Waals surface area contributed by atoms with Gasteiger partial charge >= 0.3 is 0 Å². The molecule has 0 bridgehead atoms. The van der Waals surface area contributed by atoms with E-state index in [0.717, 1.165) is 18.1 Å². The lowest BCUT2D eigenvalue weighted by Crippen LogP contribution is -2.28. The first kappa shape index (κ1) is 14.7. The van der Waals surface area contributed by atoms with Crippen molar-refractivity contribution in [2.75, 3.05) is 26.5 Å². The number of benzene rings is 1. The van der Waals surface area contributed by atoms with Crippen molar-refractivity contribution in [2.24, 2.45) is 5.92 Å². The summed E-state index contributed by atoms with van der Waals surface area (Å²) >= 11 is 1.86. The Balaban J connectivity index is 2.21. The number of aryl methyl sites for hydroxylation is 1.